The fraction of sp³-hybridized carbons (Fsp3) is 0.500. The van der Waals surface area contributed by atoms with Crippen LogP contribution in [-0.4, -0.2) is 12.5 Å². The maximum atomic E-state index is 12.0. The lowest BCUT2D eigenvalue weighted by Gasteiger charge is -2.14. The van der Waals surface area contributed by atoms with Gasteiger partial charge in [0, 0.05) is 11.0 Å². The van der Waals surface area contributed by atoms with E-state index in [1.54, 1.807) is 0 Å². The summed E-state index contributed by atoms with van der Waals surface area (Å²) in [7, 11) is 0. The summed E-state index contributed by atoms with van der Waals surface area (Å²) >= 11 is 3.46. The molecule has 1 amide bonds. The smallest absolute Gasteiger partial charge is 0.252 e. The van der Waals surface area contributed by atoms with Gasteiger partial charge in [0.1, 0.15) is 0 Å². The summed E-state index contributed by atoms with van der Waals surface area (Å²) in [5.41, 5.74) is 1.80. The number of rotatable bonds is 5. The number of halogens is 1. The average Bonchev–Trinajstić information content (AvgIpc) is 2.33. The zero-order chi connectivity index (χ0) is 12.8. The summed E-state index contributed by atoms with van der Waals surface area (Å²) < 4.78 is 0.891. The van der Waals surface area contributed by atoms with E-state index < -0.39 is 0 Å². The van der Waals surface area contributed by atoms with Crippen molar-refractivity contribution in [3.8, 4) is 0 Å². The highest BCUT2D eigenvalue weighted by Crippen LogP contribution is 2.20. The molecule has 0 spiro atoms. The number of carbonyl (C=O) groups is 1. The third-order valence-corrected chi connectivity index (χ3v) is 4.20. The number of hydrogen-bond acceptors (Lipinski definition) is 1. The van der Waals surface area contributed by atoms with Crippen LogP contribution in [-0.2, 0) is 0 Å². The molecule has 0 unspecified atom stereocenters. The molecule has 0 fully saturated rings. The van der Waals surface area contributed by atoms with E-state index in [9.17, 15) is 4.79 Å². The molecule has 0 aliphatic rings. The molecular formula is C14H20BrNO. The molecule has 1 aromatic rings. The lowest BCUT2D eigenvalue weighted by molar-refractivity contribution is 0.0945. The van der Waals surface area contributed by atoms with Crippen molar-refractivity contribution in [3.63, 3.8) is 0 Å². The molecule has 0 aliphatic carbocycles. The number of hydrogen-bond donors (Lipinski definition) is 1. The van der Waals surface area contributed by atoms with Gasteiger partial charge in [0.2, 0.25) is 0 Å². The topological polar surface area (TPSA) is 29.1 Å². The minimum atomic E-state index is 0.00692. The molecular weight excluding hydrogens is 278 g/mol. The summed E-state index contributed by atoms with van der Waals surface area (Å²) in [6.45, 7) is 7.06. The lowest BCUT2D eigenvalue weighted by atomic mass is 10.0. The van der Waals surface area contributed by atoms with Gasteiger partial charge in [-0.15, -0.1) is 0 Å². The summed E-state index contributed by atoms with van der Waals surface area (Å²) in [6.07, 6.45) is 2.21. The Labute approximate surface area is 112 Å². The Kier molecular flexibility index (Phi) is 5.69. The zero-order valence-corrected chi connectivity index (χ0v) is 12.3. The van der Waals surface area contributed by atoms with Crippen molar-refractivity contribution in [3.05, 3.63) is 33.8 Å². The Morgan fingerprint density at radius 1 is 1.35 bits per heavy atom. The van der Waals surface area contributed by atoms with E-state index in [-0.39, 0.29) is 5.91 Å². The molecule has 0 saturated carbocycles. The second-order valence-electron chi connectivity index (χ2n) is 4.33. The standard InChI is InChI=1S/C14H20BrNO/c1-4-11(5-2)9-16-14(17)12-8-6-7-10(3)13(12)15/h6-8,11H,4-5,9H2,1-3H3,(H,16,17). The molecule has 17 heavy (non-hydrogen) atoms. The lowest BCUT2D eigenvalue weighted by Crippen LogP contribution is -2.29. The van der Waals surface area contributed by atoms with E-state index in [1.165, 1.54) is 0 Å². The molecule has 0 aromatic heterocycles. The van der Waals surface area contributed by atoms with Crippen LogP contribution >= 0.6 is 15.9 Å². The van der Waals surface area contributed by atoms with E-state index in [0.717, 1.165) is 35.0 Å². The maximum absolute atomic E-state index is 12.0. The number of amides is 1. The van der Waals surface area contributed by atoms with Gasteiger partial charge in [0.15, 0.2) is 0 Å². The minimum Gasteiger partial charge on any atom is -0.352 e. The molecule has 0 heterocycles. The second kappa shape index (κ2) is 6.80. The summed E-state index contributed by atoms with van der Waals surface area (Å²) in [5.74, 6) is 0.579. The maximum Gasteiger partial charge on any atom is 0.252 e. The average molecular weight is 298 g/mol. The van der Waals surface area contributed by atoms with Crippen molar-refractivity contribution >= 4 is 21.8 Å². The van der Waals surface area contributed by atoms with Crippen molar-refractivity contribution in [2.24, 2.45) is 5.92 Å². The van der Waals surface area contributed by atoms with Crippen LogP contribution in [0.15, 0.2) is 22.7 Å². The van der Waals surface area contributed by atoms with Gasteiger partial charge < -0.3 is 5.32 Å². The first-order valence-electron chi connectivity index (χ1n) is 6.13. The van der Waals surface area contributed by atoms with E-state index in [2.05, 4.69) is 35.1 Å². The zero-order valence-electron chi connectivity index (χ0n) is 10.7. The number of aryl methyl sites for hydroxylation is 1. The van der Waals surface area contributed by atoms with E-state index in [0.29, 0.717) is 5.92 Å². The van der Waals surface area contributed by atoms with Crippen LogP contribution < -0.4 is 5.32 Å². The van der Waals surface area contributed by atoms with Gasteiger partial charge >= 0.3 is 0 Å². The van der Waals surface area contributed by atoms with Gasteiger partial charge in [-0.2, -0.15) is 0 Å². The van der Waals surface area contributed by atoms with E-state index in [1.807, 2.05) is 25.1 Å². The normalized spacial score (nSPS) is 10.6. The first kappa shape index (κ1) is 14.2. The fourth-order valence-electron chi connectivity index (χ4n) is 1.73. The SMILES string of the molecule is CCC(CC)CNC(=O)c1cccc(C)c1Br. The van der Waals surface area contributed by atoms with Crippen molar-refractivity contribution in [1.29, 1.82) is 0 Å². The Balaban J connectivity index is 2.67. The quantitative estimate of drug-likeness (QED) is 0.877. The third kappa shape index (κ3) is 3.84. The molecule has 0 atom stereocenters. The second-order valence-corrected chi connectivity index (χ2v) is 5.12. The molecule has 1 aromatic carbocycles. The first-order chi connectivity index (χ1) is 8.10. The largest absolute Gasteiger partial charge is 0.352 e. The Morgan fingerprint density at radius 2 is 2.00 bits per heavy atom. The fourth-order valence-corrected chi connectivity index (χ4v) is 2.18. The highest BCUT2D eigenvalue weighted by atomic mass is 79.9. The molecule has 0 bridgehead atoms. The van der Waals surface area contributed by atoms with Gasteiger partial charge in [-0.05, 0) is 40.4 Å². The Bertz CT molecular complexity index is 386. The van der Waals surface area contributed by atoms with E-state index >= 15 is 0 Å². The predicted octanol–water partition coefficient (Wildman–Crippen LogP) is 3.92. The summed E-state index contributed by atoms with van der Waals surface area (Å²) in [5, 5.41) is 3.00. The van der Waals surface area contributed by atoms with Crippen molar-refractivity contribution in [2.75, 3.05) is 6.54 Å². The van der Waals surface area contributed by atoms with Crippen LogP contribution in [0.4, 0.5) is 0 Å². The summed E-state index contributed by atoms with van der Waals surface area (Å²) in [4.78, 5) is 12.0. The first-order valence-corrected chi connectivity index (χ1v) is 6.92. The van der Waals surface area contributed by atoms with Crippen molar-refractivity contribution < 1.29 is 4.79 Å². The molecule has 0 aliphatic heterocycles. The highest BCUT2D eigenvalue weighted by Gasteiger charge is 2.12. The van der Waals surface area contributed by atoms with Gasteiger partial charge in [-0.3, -0.25) is 4.79 Å². The van der Waals surface area contributed by atoms with Crippen LogP contribution in [0.2, 0.25) is 0 Å². The molecule has 0 radical (unpaired) electrons. The molecule has 3 heteroatoms. The minimum absolute atomic E-state index is 0.00692. The van der Waals surface area contributed by atoms with Crippen LogP contribution in [0, 0.1) is 12.8 Å². The Morgan fingerprint density at radius 3 is 2.59 bits per heavy atom. The van der Waals surface area contributed by atoms with Crippen LogP contribution in [0.1, 0.15) is 42.6 Å². The van der Waals surface area contributed by atoms with Gasteiger partial charge in [0.25, 0.3) is 5.91 Å². The van der Waals surface area contributed by atoms with Gasteiger partial charge in [-0.25, -0.2) is 0 Å². The van der Waals surface area contributed by atoms with Gasteiger partial charge in [-0.1, -0.05) is 38.8 Å². The number of nitrogens with one attached hydrogen (secondary N) is 1. The molecule has 94 valence electrons. The molecule has 1 rings (SSSR count). The van der Waals surface area contributed by atoms with E-state index in [4.69, 9.17) is 0 Å². The van der Waals surface area contributed by atoms with Crippen molar-refractivity contribution in [2.45, 2.75) is 33.6 Å². The van der Waals surface area contributed by atoms with Crippen LogP contribution in [0.5, 0.6) is 0 Å². The van der Waals surface area contributed by atoms with Gasteiger partial charge in [0.05, 0.1) is 5.56 Å². The molecule has 1 N–H and O–H groups in total. The van der Waals surface area contributed by atoms with Crippen molar-refractivity contribution in [1.82, 2.24) is 5.32 Å². The molecule has 2 nitrogen and oxygen atoms in total. The highest BCUT2D eigenvalue weighted by molar-refractivity contribution is 9.10. The third-order valence-electron chi connectivity index (χ3n) is 3.14. The monoisotopic (exact) mass is 297 g/mol. The molecule has 0 saturated heterocycles. The summed E-state index contributed by atoms with van der Waals surface area (Å²) in [6, 6.07) is 5.74. The van der Waals surface area contributed by atoms with Crippen LogP contribution in [0.3, 0.4) is 0 Å². The Hall–Kier alpha value is -0.830. The van der Waals surface area contributed by atoms with Crippen LogP contribution in [0.25, 0.3) is 0 Å². The predicted molar refractivity (Wildman–Crippen MR) is 75.3 cm³/mol. The number of carbonyl (C=O) groups excluding carboxylic acids is 1. The number of benzene rings is 1.